The van der Waals surface area contributed by atoms with Gasteiger partial charge < -0.3 is 0 Å². The molecule has 0 aliphatic rings. The molecule has 1 aromatic carbocycles. The van der Waals surface area contributed by atoms with E-state index in [1.54, 1.807) is 6.07 Å². The molecule has 1 N–H and O–H groups in total. The van der Waals surface area contributed by atoms with Crippen LogP contribution < -0.4 is 4.72 Å². The Bertz CT molecular complexity index is 598. The quantitative estimate of drug-likeness (QED) is 0.849. The Labute approximate surface area is 109 Å². The van der Waals surface area contributed by atoms with Crippen molar-refractivity contribution in [3.8, 4) is 0 Å². The molecule has 98 valence electrons. The molecule has 0 unspecified atom stereocenters. The lowest BCUT2D eigenvalue weighted by Gasteiger charge is -2.11. The molecule has 0 bridgehead atoms. The molecular formula is C14H19NO2S. The molecule has 0 spiro atoms. The number of aryl methyl sites for hydroxylation is 1. The second-order valence-electron chi connectivity index (χ2n) is 4.42. The van der Waals surface area contributed by atoms with Crippen LogP contribution in [0.25, 0.3) is 5.57 Å². The Morgan fingerprint density at radius 3 is 2.39 bits per heavy atom. The van der Waals surface area contributed by atoms with Gasteiger partial charge in [0.1, 0.15) is 0 Å². The summed E-state index contributed by atoms with van der Waals surface area (Å²) in [6, 6.07) is 5.52. The maximum Gasteiger partial charge on any atom is 0.229 e. The summed E-state index contributed by atoms with van der Waals surface area (Å²) in [7, 11) is -3.23. The normalized spacial score (nSPS) is 12.9. The summed E-state index contributed by atoms with van der Waals surface area (Å²) in [5.74, 6) is 0. The van der Waals surface area contributed by atoms with Crippen molar-refractivity contribution in [2.24, 2.45) is 0 Å². The number of nitrogens with one attached hydrogen (secondary N) is 1. The first-order valence-corrected chi connectivity index (χ1v) is 7.52. The van der Waals surface area contributed by atoms with Gasteiger partial charge >= 0.3 is 0 Å². The molecule has 0 aliphatic heterocycles. The number of allylic oxidation sites excluding steroid dienone is 3. The highest BCUT2D eigenvalue weighted by Crippen LogP contribution is 2.25. The fourth-order valence-electron chi connectivity index (χ4n) is 1.73. The molecule has 1 rings (SSSR count). The summed E-state index contributed by atoms with van der Waals surface area (Å²) in [4.78, 5) is 0. The Morgan fingerprint density at radius 1 is 1.33 bits per heavy atom. The van der Waals surface area contributed by atoms with E-state index in [1.807, 2.05) is 39.0 Å². The first kappa shape index (κ1) is 14.5. The second kappa shape index (κ2) is 5.40. The van der Waals surface area contributed by atoms with Crippen LogP contribution in [0.2, 0.25) is 0 Å². The minimum atomic E-state index is -3.23. The van der Waals surface area contributed by atoms with Gasteiger partial charge in [-0.2, -0.15) is 0 Å². The highest BCUT2D eigenvalue weighted by atomic mass is 32.2. The number of sulfonamides is 1. The Morgan fingerprint density at radius 2 is 1.94 bits per heavy atom. The van der Waals surface area contributed by atoms with Crippen molar-refractivity contribution in [3.05, 3.63) is 47.6 Å². The van der Waals surface area contributed by atoms with E-state index in [0.717, 1.165) is 28.5 Å². The van der Waals surface area contributed by atoms with Crippen molar-refractivity contribution in [1.82, 2.24) is 0 Å². The number of hydrogen-bond acceptors (Lipinski definition) is 2. The molecule has 0 aliphatic carbocycles. The third-order valence-electron chi connectivity index (χ3n) is 2.83. The number of hydrogen-bond donors (Lipinski definition) is 1. The largest absolute Gasteiger partial charge is 0.284 e. The maximum absolute atomic E-state index is 11.2. The standard InChI is InChI=1S/C14H19NO2S/c1-6-10(2)12(4)14-8-7-13(9-11(14)3)15-18(5,16)17/h6-9,15H,1H2,2-5H3/b12-10+. The van der Waals surface area contributed by atoms with E-state index in [9.17, 15) is 8.42 Å². The summed E-state index contributed by atoms with van der Waals surface area (Å²) in [6.07, 6.45) is 2.96. The third kappa shape index (κ3) is 3.74. The van der Waals surface area contributed by atoms with Crippen LogP contribution >= 0.6 is 0 Å². The van der Waals surface area contributed by atoms with Crippen LogP contribution in [0.1, 0.15) is 25.0 Å². The lowest BCUT2D eigenvalue weighted by Crippen LogP contribution is -2.09. The summed E-state index contributed by atoms with van der Waals surface area (Å²) in [5, 5.41) is 0. The van der Waals surface area contributed by atoms with Crippen LogP contribution in [0.3, 0.4) is 0 Å². The van der Waals surface area contributed by atoms with Crippen LogP contribution in [-0.4, -0.2) is 14.7 Å². The van der Waals surface area contributed by atoms with Crippen molar-refractivity contribution >= 4 is 21.3 Å². The molecule has 0 radical (unpaired) electrons. The Kier molecular flexibility index (Phi) is 4.35. The minimum absolute atomic E-state index is 0.586. The highest BCUT2D eigenvalue weighted by molar-refractivity contribution is 7.92. The van der Waals surface area contributed by atoms with E-state index in [1.165, 1.54) is 0 Å². The Hall–Kier alpha value is -1.55. The summed E-state index contributed by atoms with van der Waals surface area (Å²) in [5.41, 5.74) is 4.98. The van der Waals surface area contributed by atoms with Gasteiger partial charge in [-0.25, -0.2) is 8.42 Å². The van der Waals surface area contributed by atoms with Crippen molar-refractivity contribution < 1.29 is 8.42 Å². The maximum atomic E-state index is 11.2. The average molecular weight is 265 g/mol. The summed E-state index contributed by atoms with van der Waals surface area (Å²) < 4.78 is 24.8. The number of benzene rings is 1. The van der Waals surface area contributed by atoms with Gasteiger partial charge in [0.05, 0.1) is 6.26 Å². The van der Waals surface area contributed by atoms with E-state index >= 15 is 0 Å². The van der Waals surface area contributed by atoms with Crippen LogP contribution in [-0.2, 0) is 10.0 Å². The summed E-state index contributed by atoms with van der Waals surface area (Å²) >= 11 is 0. The fraction of sp³-hybridized carbons (Fsp3) is 0.286. The molecule has 0 fully saturated rings. The lowest BCUT2D eigenvalue weighted by atomic mass is 9.97. The number of rotatable bonds is 4. The predicted molar refractivity (Wildman–Crippen MR) is 78.1 cm³/mol. The van der Waals surface area contributed by atoms with Crippen LogP contribution in [0.15, 0.2) is 36.4 Å². The van der Waals surface area contributed by atoms with Crippen molar-refractivity contribution in [3.63, 3.8) is 0 Å². The Balaban J connectivity index is 3.19. The van der Waals surface area contributed by atoms with Gasteiger partial charge in [-0.05, 0) is 55.2 Å². The van der Waals surface area contributed by atoms with Gasteiger partial charge in [0, 0.05) is 5.69 Å². The van der Waals surface area contributed by atoms with Crippen molar-refractivity contribution in [2.75, 3.05) is 11.0 Å². The third-order valence-corrected chi connectivity index (χ3v) is 3.44. The van der Waals surface area contributed by atoms with E-state index in [0.29, 0.717) is 5.69 Å². The molecule has 0 saturated carbocycles. The molecule has 0 atom stereocenters. The zero-order valence-electron chi connectivity index (χ0n) is 11.2. The van der Waals surface area contributed by atoms with Crippen LogP contribution in [0, 0.1) is 6.92 Å². The molecule has 0 heterocycles. The van der Waals surface area contributed by atoms with Crippen LogP contribution in [0.4, 0.5) is 5.69 Å². The summed E-state index contributed by atoms with van der Waals surface area (Å²) in [6.45, 7) is 9.75. The van der Waals surface area contributed by atoms with Gasteiger partial charge in [0.15, 0.2) is 0 Å². The molecule has 4 heteroatoms. The molecular weight excluding hydrogens is 246 g/mol. The fourth-order valence-corrected chi connectivity index (χ4v) is 2.28. The molecule has 0 aromatic heterocycles. The van der Waals surface area contributed by atoms with E-state index in [2.05, 4.69) is 11.3 Å². The highest BCUT2D eigenvalue weighted by Gasteiger charge is 2.06. The van der Waals surface area contributed by atoms with Gasteiger partial charge in [0.25, 0.3) is 0 Å². The first-order valence-electron chi connectivity index (χ1n) is 5.63. The van der Waals surface area contributed by atoms with Crippen molar-refractivity contribution in [1.29, 1.82) is 0 Å². The smallest absolute Gasteiger partial charge is 0.229 e. The molecule has 18 heavy (non-hydrogen) atoms. The van der Waals surface area contributed by atoms with E-state index in [4.69, 9.17) is 0 Å². The van der Waals surface area contributed by atoms with E-state index in [-0.39, 0.29) is 0 Å². The molecule has 0 amide bonds. The first-order chi connectivity index (χ1) is 8.24. The monoisotopic (exact) mass is 265 g/mol. The van der Waals surface area contributed by atoms with Gasteiger partial charge in [-0.1, -0.05) is 18.7 Å². The van der Waals surface area contributed by atoms with Crippen LogP contribution in [0.5, 0.6) is 0 Å². The van der Waals surface area contributed by atoms with E-state index < -0.39 is 10.0 Å². The second-order valence-corrected chi connectivity index (χ2v) is 6.16. The van der Waals surface area contributed by atoms with Crippen molar-refractivity contribution in [2.45, 2.75) is 20.8 Å². The average Bonchev–Trinajstić information content (AvgIpc) is 2.25. The van der Waals surface area contributed by atoms with Gasteiger partial charge in [-0.3, -0.25) is 4.72 Å². The van der Waals surface area contributed by atoms with Gasteiger partial charge in [-0.15, -0.1) is 0 Å². The zero-order chi connectivity index (χ0) is 13.9. The molecule has 3 nitrogen and oxygen atoms in total. The topological polar surface area (TPSA) is 46.2 Å². The molecule has 1 aromatic rings. The number of anilines is 1. The molecule has 0 saturated heterocycles. The SMILES string of the molecule is C=C/C(C)=C(\C)c1ccc(NS(C)(=O)=O)cc1C. The predicted octanol–water partition coefficient (Wildman–Crippen LogP) is 3.35. The van der Waals surface area contributed by atoms with Gasteiger partial charge in [0.2, 0.25) is 10.0 Å². The zero-order valence-corrected chi connectivity index (χ0v) is 12.1. The lowest BCUT2D eigenvalue weighted by molar-refractivity contribution is 0.607. The minimum Gasteiger partial charge on any atom is -0.284 e.